The number of rotatable bonds is 6. The first-order valence-corrected chi connectivity index (χ1v) is 8.93. The molecular formula is C17H20N2O3S. The first-order valence-electron chi connectivity index (χ1n) is 7.45. The van der Waals surface area contributed by atoms with Gasteiger partial charge in [-0.15, -0.1) is 0 Å². The molecule has 0 heterocycles. The molecule has 0 saturated carbocycles. The molecule has 2 aromatic carbocycles. The molecule has 122 valence electrons. The quantitative estimate of drug-likeness (QED) is 0.883. The molecule has 0 aliphatic carbocycles. The van der Waals surface area contributed by atoms with Gasteiger partial charge in [-0.05, 0) is 50.2 Å². The van der Waals surface area contributed by atoms with Crippen LogP contribution < -0.4 is 9.62 Å². The first kappa shape index (κ1) is 17.0. The zero-order valence-electron chi connectivity index (χ0n) is 13.2. The number of anilines is 1. The van der Waals surface area contributed by atoms with Gasteiger partial charge in [0.2, 0.25) is 0 Å². The van der Waals surface area contributed by atoms with Crippen LogP contribution in [0.15, 0.2) is 59.5 Å². The van der Waals surface area contributed by atoms with Crippen molar-refractivity contribution in [1.82, 2.24) is 4.72 Å². The second kappa shape index (κ2) is 7.28. The molecule has 0 radical (unpaired) electrons. The van der Waals surface area contributed by atoms with Crippen molar-refractivity contribution < 1.29 is 13.2 Å². The Morgan fingerprint density at radius 3 is 2.04 bits per heavy atom. The highest BCUT2D eigenvalue weighted by molar-refractivity contribution is 7.90. The van der Waals surface area contributed by atoms with Crippen molar-refractivity contribution in [2.24, 2.45) is 0 Å². The highest BCUT2D eigenvalue weighted by Gasteiger charge is 2.18. The third-order valence-electron chi connectivity index (χ3n) is 3.54. The fourth-order valence-corrected chi connectivity index (χ4v) is 3.25. The summed E-state index contributed by atoms with van der Waals surface area (Å²) in [5.74, 6) is -0.639. The lowest BCUT2D eigenvalue weighted by Gasteiger charge is -2.21. The third-order valence-corrected chi connectivity index (χ3v) is 4.89. The highest BCUT2D eigenvalue weighted by Crippen LogP contribution is 2.15. The van der Waals surface area contributed by atoms with Crippen LogP contribution in [0.25, 0.3) is 0 Å². The van der Waals surface area contributed by atoms with Crippen LogP contribution >= 0.6 is 0 Å². The number of benzene rings is 2. The lowest BCUT2D eigenvalue weighted by Crippen LogP contribution is -2.30. The molecule has 23 heavy (non-hydrogen) atoms. The van der Waals surface area contributed by atoms with Gasteiger partial charge in [-0.3, -0.25) is 4.79 Å². The van der Waals surface area contributed by atoms with Crippen LogP contribution in [0.2, 0.25) is 0 Å². The van der Waals surface area contributed by atoms with Gasteiger partial charge in [-0.2, -0.15) is 0 Å². The normalized spacial score (nSPS) is 11.0. The molecule has 0 aromatic heterocycles. The van der Waals surface area contributed by atoms with Gasteiger partial charge in [-0.1, -0.05) is 18.2 Å². The first-order chi connectivity index (χ1) is 11.0. The number of amides is 1. The van der Waals surface area contributed by atoms with Crippen molar-refractivity contribution in [3.63, 3.8) is 0 Å². The number of carbonyl (C=O) groups excluding carboxylic acids is 1. The molecule has 5 nitrogen and oxygen atoms in total. The summed E-state index contributed by atoms with van der Waals surface area (Å²) in [6.07, 6.45) is 0. The highest BCUT2D eigenvalue weighted by atomic mass is 32.2. The fourth-order valence-electron chi connectivity index (χ4n) is 2.25. The molecule has 0 spiro atoms. The van der Waals surface area contributed by atoms with Crippen LogP contribution in [0.5, 0.6) is 0 Å². The minimum atomic E-state index is -3.85. The number of nitrogens with zero attached hydrogens (tertiary/aromatic N) is 1. The van der Waals surface area contributed by atoms with E-state index in [1.807, 2.05) is 12.1 Å². The van der Waals surface area contributed by atoms with Gasteiger partial charge in [-0.25, -0.2) is 13.1 Å². The molecule has 0 bridgehead atoms. The Hall–Kier alpha value is -2.34. The summed E-state index contributed by atoms with van der Waals surface area (Å²) in [5.41, 5.74) is 1.30. The van der Waals surface area contributed by atoms with E-state index in [0.717, 1.165) is 18.8 Å². The summed E-state index contributed by atoms with van der Waals surface area (Å²) in [6, 6.07) is 14.7. The monoisotopic (exact) mass is 332 g/mol. The van der Waals surface area contributed by atoms with E-state index in [0.29, 0.717) is 5.56 Å². The van der Waals surface area contributed by atoms with E-state index in [2.05, 4.69) is 23.5 Å². The number of hydrogen-bond donors (Lipinski definition) is 1. The lowest BCUT2D eigenvalue weighted by atomic mass is 10.2. The lowest BCUT2D eigenvalue weighted by molar-refractivity contribution is 0.0981. The van der Waals surface area contributed by atoms with E-state index in [-0.39, 0.29) is 4.90 Å². The summed E-state index contributed by atoms with van der Waals surface area (Å²) in [7, 11) is -3.85. The summed E-state index contributed by atoms with van der Waals surface area (Å²) >= 11 is 0. The van der Waals surface area contributed by atoms with Crippen molar-refractivity contribution >= 4 is 21.6 Å². The Bertz CT molecular complexity index is 752. The Kier molecular flexibility index (Phi) is 5.39. The molecule has 1 amide bonds. The van der Waals surface area contributed by atoms with E-state index in [1.165, 1.54) is 12.1 Å². The number of carbonyl (C=O) groups is 1. The molecule has 0 saturated heterocycles. The van der Waals surface area contributed by atoms with Crippen molar-refractivity contribution in [2.75, 3.05) is 18.0 Å². The predicted octanol–water partition coefficient (Wildman–Crippen LogP) is 2.65. The Morgan fingerprint density at radius 1 is 0.957 bits per heavy atom. The molecule has 0 unspecified atom stereocenters. The van der Waals surface area contributed by atoms with Gasteiger partial charge in [0.15, 0.2) is 0 Å². The van der Waals surface area contributed by atoms with E-state index in [1.54, 1.807) is 30.3 Å². The average Bonchev–Trinajstić information content (AvgIpc) is 2.57. The smallest absolute Gasteiger partial charge is 0.264 e. The predicted molar refractivity (Wildman–Crippen MR) is 91.1 cm³/mol. The average molecular weight is 332 g/mol. The molecular weight excluding hydrogens is 312 g/mol. The zero-order valence-corrected chi connectivity index (χ0v) is 14.0. The molecule has 0 atom stereocenters. The Labute approximate surface area is 137 Å². The van der Waals surface area contributed by atoms with Crippen molar-refractivity contribution in [2.45, 2.75) is 18.7 Å². The topological polar surface area (TPSA) is 66.5 Å². The molecule has 0 fully saturated rings. The van der Waals surface area contributed by atoms with E-state index in [9.17, 15) is 13.2 Å². The molecule has 2 aromatic rings. The maximum Gasteiger partial charge on any atom is 0.264 e. The van der Waals surface area contributed by atoms with Crippen LogP contribution in [-0.4, -0.2) is 27.4 Å². The second-order valence-corrected chi connectivity index (χ2v) is 6.65. The Morgan fingerprint density at radius 2 is 1.52 bits per heavy atom. The molecule has 0 aliphatic rings. The summed E-state index contributed by atoms with van der Waals surface area (Å²) in [5, 5.41) is 0. The molecule has 6 heteroatoms. The zero-order chi connectivity index (χ0) is 16.9. The largest absolute Gasteiger partial charge is 0.372 e. The van der Waals surface area contributed by atoms with Gasteiger partial charge in [0.05, 0.1) is 4.90 Å². The third kappa shape index (κ3) is 4.10. The van der Waals surface area contributed by atoms with Crippen molar-refractivity contribution in [3.05, 3.63) is 60.2 Å². The number of sulfonamides is 1. The van der Waals surface area contributed by atoms with E-state index >= 15 is 0 Å². The van der Waals surface area contributed by atoms with Crippen LogP contribution in [0.3, 0.4) is 0 Å². The van der Waals surface area contributed by atoms with Gasteiger partial charge in [0.1, 0.15) is 0 Å². The molecule has 1 N–H and O–H groups in total. The number of hydrogen-bond acceptors (Lipinski definition) is 4. The van der Waals surface area contributed by atoms with Crippen molar-refractivity contribution in [1.29, 1.82) is 0 Å². The SMILES string of the molecule is CCN(CC)c1ccc(C(=O)NS(=O)(=O)c2ccccc2)cc1. The Balaban J connectivity index is 2.15. The van der Waals surface area contributed by atoms with Crippen LogP contribution in [0.1, 0.15) is 24.2 Å². The standard InChI is InChI=1S/C17H20N2O3S/c1-3-19(4-2)15-12-10-14(11-13-15)17(20)18-23(21,22)16-8-6-5-7-9-16/h5-13H,3-4H2,1-2H3,(H,18,20). The van der Waals surface area contributed by atoms with Crippen molar-refractivity contribution in [3.8, 4) is 0 Å². The minimum Gasteiger partial charge on any atom is -0.372 e. The number of nitrogens with one attached hydrogen (secondary N) is 1. The van der Waals surface area contributed by atoms with Gasteiger partial charge in [0.25, 0.3) is 15.9 Å². The van der Waals surface area contributed by atoms with Gasteiger partial charge in [0, 0.05) is 24.3 Å². The van der Waals surface area contributed by atoms with Crippen LogP contribution in [0.4, 0.5) is 5.69 Å². The summed E-state index contributed by atoms with van der Waals surface area (Å²) in [6.45, 7) is 5.84. The van der Waals surface area contributed by atoms with Gasteiger partial charge < -0.3 is 4.90 Å². The minimum absolute atomic E-state index is 0.0631. The van der Waals surface area contributed by atoms with Gasteiger partial charge >= 0.3 is 0 Å². The second-order valence-electron chi connectivity index (χ2n) is 4.97. The maximum atomic E-state index is 12.1. The molecule has 0 aliphatic heterocycles. The van der Waals surface area contributed by atoms with E-state index < -0.39 is 15.9 Å². The molecule has 2 rings (SSSR count). The summed E-state index contributed by atoms with van der Waals surface area (Å²) in [4.78, 5) is 14.4. The maximum absolute atomic E-state index is 12.1. The van der Waals surface area contributed by atoms with Crippen LogP contribution in [-0.2, 0) is 10.0 Å². The summed E-state index contributed by atoms with van der Waals surface area (Å²) < 4.78 is 26.4. The van der Waals surface area contributed by atoms with Crippen LogP contribution in [0, 0.1) is 0 Å². The van der Waals surface area contributed by atoms with E-state index in [4.69, 9.17) is 0 Å². The fraction of sp³-hybridized carbons (Fsp3) is 0.235.